The maximum absolute atomic E-state index is 13.4. The molecule has 0 N–H and O–H groups in total. The van der Waals surface area contributed by atoms with Crippen LogP contribution in [0, 0.1) is 11.7 Å². The van der Waals surface area contributed by atoms with Crippen molar-refractivity contribution in [3.8, 4) is 0 Å². The van der Waals surface area contributed by atoms with Crippen LogP contribution in [0.15, 0.2) is 18.2 Å². The SMILES string of the molecule is O=C(c1ccc(F)c(C(F)(F)F)c1)N1CCCC(C(=O)N2CCOCC2)C1. The molecule has 2 aliphatic rings. The Labute approximate surface area is 153 Å². The fourth-order valence-electron chi connectivity index (χ4n) is 3.46. The molecule has 0 bridgehead atoms. The highest BCUT2D eigenvalue weighted by atomic mass is 19.4. The summed E-state index contributed by atoms with van der Waals surface area (Å²) in [6.07, 6.45) is -3.67. The summed E-state index contributed by atoms with van der Waals surface area (Å²) < 4.78 is 57.3. The number of hydrogen-bond acceptors (Lipinski definition) is 3. The number of benzene rings is 1. The maximum Gasteiger partial charge on any atom is 0.419 e. The average molecular weight is 388 g/mol. The summed E-state index contributed by atoms with van der Waals surface area (Å²) in [7, 11) is 0. The van der Waals surface area contributed by atoms with Gasteiger partial charge in [-0.25, -0.2) is 4.39 Å². The van der Waals surface area contributed by atoms with Gasteiger partial charge in [-0.3, -0.25) is 9.59 Å². The molecular formula is C18H20F4N2O3. The lowest BCUT2D eigenvalue weighted by Crippen LogP contribution is -2.49. The fourth-order valence-corrected chi connectivity index (χ4v) is 3.46. The zero-order chi connectivity index (χ0) is 19.6. The number of nitrogens with zero attached hydrogens (tertiary/aromatic N) is 2. The lowest BCUT2D eigenvalue weighted by atomic mass is 9.95. The van der Waals surface area contributed by atoms with Crippen LogP contribution < -0.4 is 0 Å². The summed E-state index contributed by atoms with van der Waals surface area (Å²) in [6, 6.07) is 2.22. The van der Waals surface area contributed by atoms with Crippen molar-refractivity contribution in [3.05, 3.63) is 35.1 Å². The standard InChI is InChI=1S/C18H20F4N2O3/c19-15-4-3-12(10-14(15)18(20,21)22)16(25)24-5-1-2-13(11-24)17(26)23-6-8-27-9-7-23/h3-4,10,13H,1-2,5-9,11H2. The molecule has 1 aromatic carbocycles. The van der Waals surface area contributed by atoms with Gasteiger partial charge in [0, 0.05) is 31.7 Å². The van der Waals surface area contributed by atoms with Gasteiger partial charge in [0.15, 0.2) is 0 Å². The molecule has 148 valence electrons. The van der Waals surface area contributed by atoms with Crippen LogP contribution in [-0.2, 0) is 15.7 Å². The van der Waals surface area contributed by atoms with Crippen molar-refractivity contribution in [2.45, 2.75) is 19.0 Å². The molecule has 0 spiro atoms. The van der Waals surface area contributed by atoms with Crippen molar-refractivity contribution in [2.24, 2.45) is 5.92 Å². The first kappa shape index (κ1) is 19.6. The van der Waals surface area contributed by atoms with E-state index in [1.807, 2.05) is 0 Å². The van der Waals surface area contributed by atoms with Gasteiger partial charge in [0.2, 0.25) is 5.91 Å². The molecule has 2 heterocycles. The van der Waals surface area contributed by atoms with Gasteiger partial charge < -0.3 is 14.5 Å². The first-order valence-corrected chi connectivity index (χ1v) is 8.80. The number of rotatable bonds is 2. The van der Waals surface area contributed by atoms with Crippen LogP contribution in [0.1, 0.15) is 28.8 Å². The summed E-state index contributed by atoms with van der Waals surface area (Å²) in [5.74, 6) is -2.49. The summed E-state index contributed by atoms with van der Waals surface area (Å²) in [4.78, 5) is 28.3. The van der Waals surface area contributed by atoms with Gasteiger partial charge in [-0.15, -0.1) is 0 Å². The molecule has 0 aromatic heterocycles. The van der Waals surface area contributed by atoms with Crippen molar-refractivity contribution >= 4 is 11.8 Å². The van der Waals surface area contributed by atoms with E-state index in [1.165, 1.54) is 4.90 Å². The van der Waals surface area contributed by atoms with Crippen LogP contribution in [0.25, 0.3) is 0 Å². The van der Waals surface area contributed by atoms with E-state index < -0.39 is 23.5 Å². The lowest BCUT2D eigenvalue weighted by Gasteiger charge is -2.36. The van der Waals surface area contributed by atoms with Gasteiger partial charge >= 0.3 is 6.18 Å². The third-order valence-electron chi connectivity index (χ3n) is 4.90. The zero-order valence-electron chi connectivity index (χ0n) is 14.6. The van der Waals surface area contributed by atoms with Crippen molar-refractivity contribution in [1.29, 1.82) is 0 Å². The van der Waals surface area contributed by atoms with Crippen LogP contribution in [-0.4, -0.2) is 61.0 Å². The zero-order valence-corrected chi connectivity index (χ0v) is 14.6. The fraction of sp³-hybridized carbons (Fsp3) is 0.556. The van der Waals surface area contributed by atoms with E-state index in [0.717, 1.165) is 6.07 Å². The quantitative estimate of drug-likeness (QED) is 0.732. The minimum atomic E-state index is -4.88. The largest absolute Gasteiger partial charge is 0.419 e. The third-order valence-corrected chi connectivity index (χ3v) is 4.90. The normalized spacial score (nSPS) is 21.3. The summed E-state index contributed by atoms with van der Waals surface area (Å²) in [5, 5.41) is 0. The summed E-state index contributed by atoms with van der Waals surface area (Å²) in [6.45, 7) is 2.43. The topological polar surface area (TPSA) is 49.9 Å². The van der Waals surface area contributed by atoms with Crippen LogP contribution in [0.4, 0.5) is 17.6 Å². The minimum Gasteiger partial charge on any atom is -0.378 e. The van der Waals surface area contributed by atoms with Gasteiger partial charge in [-0.1, -0.05) is 0 Å². The van der Waals surface area contributed by atoms with Crippen molar-refractivity contribution in [1.82, 2.24) is 9.80 Å². The Kier molecular flexibility index (Phi) is 5.69. The predicted molar refractivity (Wildman–Crippen MR) is 87.4 cm³/mol. The Hall–Kier alpha value is -2.16. The molecule has 2 amide bonds. The van der Waals surface area contributed by atoms with Crippen molar-refractivity contribution in [2.75, 3.05) is 39.4 Å². The monoisotopic (exact) mass is 388 g/mol. The van der Waals surface area contributed by atoms with Crippen LogP contribution in [0.2, 0.25) is 0 Å². The van der Waals surface area contributed by atoms with Crippen LogP contribution in [0.5, 0.6) is 0 Å². The molecule has 27 heavy (non-hydrogen) atoms. The average Bonchev–Trinajstić information content (AvgIpc) is 2.67. The molecule has 1 aromatic rings. The molecule has 0 radical (unpaired) electrons. The van der Waals surface area contributed by atoms with Crippen molar-refractivity contribution in [3.63, 3.8) is 0 Å². The van der Waals surface area contributed by atoms with Crippen LogP contribution in [0.3, 0.4) is 0 Å². The highest BCUT2D eigenvalue weighted by molar-refractivity contribution is 5.95. The number of hydrogen-bond donors (Lipinski definition) is 0. The van der Waals surface area contributed by atoms with Gasteiger partial charge in [0.25, 0.3) is 5.91 Å². The van der Waals surface area contributed by atoms with E-state index >= 15 is 0 Å². The Balaban J connectivity index is 1.72. The van der Waals surface area contributed by atoms with Gasteiger partial charge in [0.05, 0.1) is 24.7 Å². The third kappa shape index (κ3) is 4.40. The number of carbonyl (C=O) groups is 2. The lowest BCUT2D eigenvalue weighted by molar-refractivity contribution is -0.141. The summed E-state index contributed by atoms with van der Waals surface area (Å²) >= 11 is 0. The smallest absolute Gasteiger partial charge is 0.378 e. The van der Waals surface area contributed by atoms with E-state index in [0.29, 0.717) is 57.8 Å². The number of amides is 2. The van der Waals surface area contributed by atoms with E-state index in [4.69, 9.17) is 4.74 Å². The molecule has 1 unspecified atom stereocenters. The van der Waals surface area contributed by atoms with E-state index in [1.54, 1.807) is 4.90 Å². The number of carbonyl (C=O) groups excluding carboxylic acids is 2. The molecule has 2 aliphatic heterocycles. The number of ether oxygens (including phenoxy) is 1. The highest BCUT2D eigenvalue weighted by Gasteiger charge is 2.36. The van der Waals surface area contributed by atoms with E-state index in [-0.39, 0.29) is 23.9 Å². The highest BCUT2D eigenvalue weighted by Crippen LogP contribution is 2.32. The Morgan fingerprint density at radius 1 is 1.07 bits per heavy atom. The molecule has 5 nitrogen and oxygen atoms in total. The second kappa shape index (κ2) is 7.84. The molecule has 1 atom stereocenters. The maximum atomic E-state index is 13.4. The van der Waals surface area contributed by atoms with Gasteiger partial charge in [0.1, 0.15) is 5.82 Å². The Bertz CT molecular complexity index is 717. The Morgan fingerprint density at radius 2 is 1.78 bits per heavy atom. The number of halogens is 4. The number of piperidine rings is 1. The second-order valence-electron chi connectivity index (χ2n) is 6.72. The number of morpholine rings is 1. The predicted octanol–water partition coefficient (Wildman–Crippen LogP) is 2.56. The first-order chi connectivity index (χ1) is 12.8. The first-order valence-electron chi connectivity index (χ1n) is 8.80. The molecule has 0 aliphatic carbocycles. The molecule has 9 heteroatoms. The van der Waals surface area contributed by atoms with Gasteiger partial charge in [-0.2, -0.15) is 13.2 Å². The number of likely N-dealkylation sites (tertiary alicyclic amines) is 1. The summed E-state index contributed by atoms with van der Waals surface area (Å²) in [5.41, 5.74) is -1.70. The van der Waals surface area contributed by atoms with E-state index in [9.17, 15) is 27.2 Å². The van der Waals surface area contributed by atoms with Crippen molar-refractivity contribution < 1.29 is 31.9 Å². The Morgan fingerprint density at radius 3 is 2.44 bits per heavy atom. The number of alkyl halides is 3. The molecular weight excluding hydrogens is 368 g/mol. The minimum absolute atomic E-state index is 0.0640. The molecule has 3 rings (SSSR count). The van der Waals surface area contributed by atoms with E-state index in [2.05, 4.69) is 0 Å². The second-order valence-corrected chi connectivity index (χ2v) is 6.72. The molecule has 2 saturated heterocycles. The van der Waals surface area contributed by atoms with Gasteiger partial charge in [-0.05, 0) is 31.0 Å². The molecule has 2 fully saturated rings. The van der Waals surface area contributed by atoms with Crippen LogP contribution >= 0.6 is 0 Å². The molecule has 0 saturated carbocycles.